The summed E-state index contributed by atoms with van der Waals surface area (Å²) in [6.45, 7) is 3.07. The van der Waals surface area contributed by atoms with E-state index in [0.29, 0.717) is 18.5 Å². The summed E-state index contributed by atoms with van der Waals surface area (Å²) in [5.74, 6) is -0.247. The highest BCUT2D eigenvalue weighted by atomic mass is 16.2. The lowest BCUT2D eigenvalue weighted by molar-refractivity contribution is -0.116. The van der Waals surface area contributed by atoms with Gasteiger partial charge in [-0.15, -0.1) is 0 Å². The molecule has 4 nitrogen and oxygen atoms in total. The highest BCUT2D eigenvalue weighted by Crippen LogP contribution is 2.23. The molecule has 1 N–H and O–H groups in total. The Morgan fingerprint density at radius 3 is 2.74 bits per heavy atom. The van der Waals surface area contributed by atoms with Gasteiger partial charge in [0.05, 0.1) is 6.04 Å². The van der Waals surface area contributed by atoms with E-state index < -0.39 is 0 Å². The Bertz CT molecular complexity index is 727. The van der Waals surface area contributed by atoms with Crippen LogP contribution >= 0.6 is 0 Å². The Labute approximate surface area is 136 Å². The fourth-order valence-corrected chi connectivity index (χ4v) is 3.09. The molecule has 4 heteroatoms. The van der Waals surface area contributed by atoms with Gasteiger partial charge in [-0.2, -0.15) is 0 Å². The molecular weight excluding hydrogens is 288 g/mol. The van der Waals surface area contributed by atoms with Gasteiger partial charge in [-0.25, -0.2) is 0 Å². The van der Waals surface area contributed by atoms with E-state index in [-0.39, 0.29) is 11.9 Å². The summed E-state index contributed by atoms with van der Waals surface area (Å²) >= 11 is 0. The third kappa shape index (κ3) is 3.17. The Morgan fingerprint density at radius 2 is 1.96 bits per heavy atom. The van der Waals surface area contributed by atoms with Gasteiger partial charge >= 0.3 is 0 Å². The van der Waals surface area contributed by atoms with Gasteiger partial charge in [0.1, 0.15) is 0 Å². The van der Waals surface area contributed by atoms with Gasteiger partial charge < -0.3 is 5.32 Å². The number of carbonyl (C=O) groups excluding carboxylic acids is 2. The van der Waals surface area contributed by atoms with Crippen LogP contribution in [0.5, 0.6) is 0 Å². The van der Waals surface area contributed by atoms with Crippen molar-refractivity contribution in [2.24, 2.45) is 0 Å². The second-order valence-electron chi connectivity index (χ2n) is 5.83. The van der Waals surface area contributed by atoms with Crippen LogP contribution in [0, 0.1) is 6.92 Å². The lowest BCUT2D eigenvalue weighted by atomic mass is 9.94. The maximum absolute atomic E-state index is 12.6. The zero-order valence-electron chi connectivity index (χ0n) is 13.2. The summed E-state index contributed by atoms with van der Waals surface area (Å²) in [5, 5.41) is 3.41. The number of amides is 2. The molecule has 0 fully saturated rings. The minimum Gasteiger partial charge on any atom is -0.308 e. The van der Waals surface area contributed by atoms with E-state index in [9.17, 15) is 9.59 Å². The first kappa shape index (κ1) is 15.4. The van der Waals surface area contributed by atoms with Crippen LogP contribution < -0.4 is 5.32 Å². The number of carbonyl (C=O) groups is 2. The van der Waals surface area contributed by atoms with Crippen LogP contribution in [-0.2, 0) is 11.2 Å². The number of nitrogens with zero attached hydrogens (tertiary/aromatic N) is 1. The van der Waals surface area contributed by atoms with Gasteiger partial charge in [-0.1, -0.05) is 42.5 Å². The highest BCUT2D eigenvalue weighted by molar-refractivity contribution is 6.00. The molecule has 2 aromatic carbocycles. The maximum atomic E-state index is 12.6. The fraction of sp³-hybridized carbons (Fsp3) is 0.263. The molecule has 118 valence electrons. The number of imide groups is 1. The third-order valence-corrected chi connectivity index (χ3v) is 4.36. The molecule has 3 rings (SSSR count). The van der Waals surface area contributed by atoms with E-state index in [1.165, 1.54) is 16.0 Å². The van der Waals surface area contributed by atoms with Crippen LogP contribution in [0.2, 0.25) is 0 Å². The van der Waals surface area contributed by atoms with Crippen molar-refractivity contribution < 1.29 is 9.59 Å². The predicted molar refractivity (Wildman–Crippen MR) is 89.2 cm³/mol. The zero-order chi connectivity index (χ0) is 16.2. The molecule has 23 heavy (non-hydrogen) atoms. The van der Waals surface area contributed by atoms with E-state index in [4.69, 9.17) is 0 Å². The Kier molecular flexibility index (Phi) is 4.53. The van der Waals surface area contributed by atoms with Crippen molar-refractivity contribution in [2.75, 3.05) is 13.1 Å². The fourth-order valence-electron chi connectivity index (χ4n) is 3.09. The van der Waals surface area contributed by atoms with Crippen LogP contribution in [0.3, 0.4) is 0 Å². The SMILES string of the molecule is Cc1ccccc1C(=O)N(C=O)CC1NCCc2ccccc21. The van der Waals surface area contributed by atoms with E-state index in [1.807, 2.05) is 37.3 Å². The molecule has 0 bridgehead atoms. The van der Waals surface area contributed by atoms with Gasteiger partial charge in [-0.05, 0) is 42.6 Å². The average Bonchev–Trinajstić information content (AvgIpc) is 2.59. The summed E-state index contributed by atoms with van der Waals surface area (Å²) in [4.78, 5) is 25.4. The Hall–Kier alpha value is -2.46. The summed E-state index contributed by atoms with van der Waals surface area (Å²) < 4.78 is 0. The summed E-state index contributed by atoms with van der Waals surface area (Å²) in [7, 11) is 0. The number of nitrogens with one attached hydrogen (secondary N) is 1. The van der Waals surface area contributed by atoms with E-state index in [0.717, 1.165) is 18.5 Å². The number of benzene rings is 2. The zero-order valence-corrected chi connectivity index (χ0v) is 13.2. The number of aryl methyl sites for hydroxylation is 1. The third-order valence-electron chi connectivity index (χ3n) is 4.36. The normalized spacial score (nSPS) is 16.5. The largest absolute Gasteiger partial charge is 0.308 e. The predicted octanol–water partition coefficient (Wildman–Crippen LogP) is 2.48. The lowest BCUT2D eigenvalue weighted by Gasteiger charge is -2.30. The molecule has 0 saturated heterocycles. The van der Waals surface area contributed by atoms with Crippen molar-refractivity contribution >= 4 is 12.3 Å². The number of fused-ring (bicyclic) bond motifs is 1. The lowest BCUT2D eigenvalue weighted by Crippen LogP contribution is -2.41. The summed E-state index contributed by atoms with van der Waals surface area (Å²) in [6.07, 6.45) is 1.60. The second kappa shape index (κ2) is 6.75. The smallest absolute Gasteiger partial charge is 0.260 e. The quantitative estimate of drug-likeness (QED) is 0.883. The van der Waals surface area contributed by atoms with Gasteiger partial charge in [0.25, 0.3) is 5.91 Å². The monoisotopic (exact) mass is 308 g/mol. The standard InChI is InChI=1S/C19H20N2O2/c1-14-6-2-4-8-16(14)19(23)21(13-22)12-18-17-9-5-3-7-15(17)10-11-20-18/h2-9,13,18,20H,10-12H2,1H3. The maximum Gasteiger partial charge on any atom is 0.260 e. The minimum atomic E-state index is -0.247. The van der Waals surface area contributed by atoms with Crippen molar-refractivity contribution in [1.82, 2.24) is 10.2 Å². The molecule has 2 aromatic rings. The van der Waals surface area contributed by atoms with Crippen molar-refractivity contribution in [2.45, 2.75) is 19.4 Å². The molecule has 0 aliphatic carbocycles. The van der Waals surface area contributed by atoms with Gasteiger partial charge in [-0.3, -0.25) is 14.5 Å². The van der Waals surface area contributed by atoms with Crippen molar-refractivity contribution in [1.29, 1.82) is 0 Å². The molecule has 1 heterocycles. The van der Waals surface area contributed by atoms with E-state index >= 15 is 0 Å². The molecular formula is C19H20N2O2. The van der Waals surface area contributed by atoms with Gasteiger partial charge in [0.2, 0.25) is 6.41 Å². The van der Waals surface area contributed by atoms with Gasteiger partial charge in [0.15, 0.2) is 0 Å². The topological polar surface area (TPSA) is 49.4 Å². The summed E-state index contributed by atoms with van der Waals surface area (Å²) in [5.41, 5.74) is 3.90. The van der Waals surface area contributed by atoms with Crippen LogP contribution in [0.1, 0.15) is 33.1 Å². The van der Waals surface area contributed by atoms with Crippen LogP contribution in [0.15, 0.2) is 48.5 Å². The molecule has 1 aliphatic heterocycles. The highest BCUT2D eigenvalue weighted by Gasteiger charge is 2.25. The molecule has 1 atom stereocenters. The van der Waals surface area contributed by atoms with Gasteiger partial charge in [0, 0.05) is 12.1 Å². The van der Waals surface area contributed by atoms with Crippen LogP contribution in [0.25, 0.3) is 0 Å². The number of rotatable bonds is 4. The molecule has 0 saturated carbocycles. The first-order valence-corrected chi connectivity index (χ1v) is 7.84. The number of hydrogen-bond acceptors (Lipinski definition) is 3. The minimum absolute atomic E-state index is 0.0156. The molecule has 2 amide bonds. The van der Waals surface area contributed by atoms with E-state index in [1.54, 1.807) is 6.07 Å². The Morgan fingerprint density at radius 1 is 1.22 bits per heavy atom. The first-order valence-electron chi connectivity index (χ1n) is 7.84. The van der Waals surface area contributed by atoms with Crippen LogP contribution in [0.4, 0.5) is 0 Å². The van der Waals surface area contributed by atoms with Crippen molar-refractivity contribution in [3.8, 4) is 0 Å². The molecule has 1 aliphatic rings. The molecule has 0 spiro atoms. The summed E-state index contributed by atoms with van der Waals surface area (Å²) in [6, 6.07) is 15.5. The number of hydrogen-bond donors (Lipinski definition) is 1. The Balaban J connectivity index is 1.82. The molecule has 0 radical (unpaired) electrons. The average molecular weight is 308 g/mol. The van der Waals surface area contributed by atoms with Crippen molar-refractivity contribution in [3.05, 3.63) is 70.8 Å². The molecule has 0 aromatic heterocycles. The first-order chi connectivity index (χ1) is 11.2. The van der Waals surface area contributed by atoms with Crippen LogP contribution in [-0.4, -0.2) is 30.3 Å². The van der Waals surface area contributed by atoms with Crippen molar-refractivity contribution in [3.63, 3.8) is 0 Å². The van der Waals surface area contributed by atoms with E-state index in [2.05, 4.69) is 17.4 Å². The second-order valence-corrected chi connectivity index (χ2v) is 5.83. The molecule has 1 unspecified atom stereocenters.